The molecule has 0 aliphatic rings. The summed E-state index contributed by atoms with van der Waals surface area (Å²) in [7, 11) is 0. The summed E-state index contributed by atoms with van der Waals surface area (Å²) in [4.78, 5) is 24.6. The highest BCUT2D eigenvalue weighted by Crippen LogP contribution is 2.09. The number of hydrogen-bond acceptors (Lipinski definition) is 2. The zero-order valence-electron chi connectivity index (χ0n) is 8.61. The van der Waals surface area contributed by atoms with Gasteiger partial charge in [-0.3, -0.25) is 9.59 Å². The van der Waals surface area contributed by atoms with Crippen molar-refractivity contribution in [2.45, 2.75) is 6.54 Å². The van der Waals surface area contributed by atoms with Crippen molar-refractivity contribution in [1.29, 1.82) is 0 Å². The van der Waals surface area contributed by atoms with Crippen LogP contribution in [0.25, 0.3) is 0 Å². The van der Waals surface area contributed by atoms with Crippen LogP contribution in [0.1, 0.15) is 5.56 Å². The number of hydrogen-bond donors (Lipinski definition) is 1. The van der Waals surface area contributed by atoms with E-state index in [4.69, 9.17) is 0 Å². The summed E-state index contributed by atoms with van der Waals surface area (Å²) in [6.45, 7) is 0.0138. The van der Waals surface area contributed by atoms with Crippen molar-refractivity contribution in [3.8, 4) is 0 Å². The number of aromatic nitrogens is 2. The standard InChI is InChI=1S/C11H8F2N2O2/c12-8-2-1-7(5-9(8)13)6-15-4-3-14-10(16)11(15)17/h1-5H,6H2,(H,14,16). The molecule has 2 aromatic rings. The number of nitrogens with zero attached hydrogens (tertiary/aromatic N) is 1. The van der Waals surface area contributed by atoms with Crippen molar-refractivity contribution in [3.63, 3.8) is 0 Å². The lowest BCUT2D eigenvalue weighted by molar-refractivity contribution is 0.506. The van der Waals surface area contributed by atoms with Crippen molar-refractivity contribution in [3.05, 3.63) is 68.5 Å². The van der Waals surface area contributed by atoms with E-state index < -0.39 is 22.8 Å². The molecule has 0 radical (unpaired) electrons. The molecule has 0 atom stereocenters. The SMILES string of the molecule is O=c1[nH]ccn(Cc2ccc(F)c(F)c2)c1=O. The molecule has 6 heteroatoms. The third kappa shape index (κ3) is 2.30. The Morgan fingerprint density at radius 3 is 2.65 bits per heavy atom. The average molecular weight is 238 g/mol. The Balaban J connectivity index is 2.38. The van der Waals surface area contributed by atoms with E-state index in [0.29, 0.717) is 5.56 Å². The highest BCUT2D eigenvalue weighted by atomic mass is 19.2. The molecule has 0 aliphatic heterocycles. The second-order valence-electron chi connectivity index (χ2n) is 3.47. The van der Waals surface area contributed by atoms with Gasteiger partial charge in [-0.2, -0.15) is 0 Å². The molecular formula is C11H8F2N2O2. The first-order chi connectivity index (χ1) is 8.08. The summed E-state index contributed by atoms with van der Waals surface area (Å²) in [6.07, 6.45) is 2.68. The predicted octanol–water partition coefficient (Wildman–Crippen LogP) is 0.863. The number of nitrogens with one attached hydrogen (secondary N) is 1. The molecule has 0 fully saturated rings. The van der Waals surface area contributed by atoms with Crippen LogP contribution in [0.2, 0.25) is 0 Å². The van der Waals surface area contributed by atoms with Crippen LogP contribution in [0.5, 0.6) is 0 Å². The lowest BCUT2D eigenvalue weighted by atomic mass is 10.2. The van der Waals surface area contributed by atoms with E-state index in [9.17, 15) is 18.4 Å². The Bertz CT molecular complexity index is 661. The minimum absolute atomic E-state index is 0.0138. The number of rotatable bonds is 2. The molecule has 0 saturated heterocycles. The van der Waals surface area contributed by atoms with Gasteiger partial charge in [-0.05, 0) is 17.7 Å². The number of benzene rings is 1. The van der Waals surface area contributed by atoms with E-state index in [1.165, 1.54) is 18.5 Å². The first-order valence-corrected chi connectivity index (χ1v) is 4.80. The van der Waals surface area contributed by atoms with Gasteiger partial charge in [0, 0.05) is 12.4 Å². The third-order valence-electron chi connectivity index (χ3n) is 2.26. The topological polar surface area (TPSA) is 54.9 Å². The molecule has 0 spiro atoms. The molecule has 88 valence electrons. The van der Waals surface area contributed by atoms with Gasteiger partial charge in [-0.15, -0.1) is 0 Å². The van der Waals surface area contributed by atoms with Crippen molar-refractivity contribution in [2.75, 3.05) is 0 Å². The number of H-pyrrole nitrogens is 1. The maximum atomic E-state index is 12.9. The predicted molar refractivity (Wildman–Crippen MR) is 56.8 cm³/mol. The second kappa shape index (κ2) is 4.32. The second-order valence-corrected chi connectivity index (χ2v) is 3.47. The van der Waals surface area contributed by atoms with E-state index in [1.807, 2.05) is 0 Å². The van der Waals surface area contributed by atoms with Gasteiger partial charge < -0.3 is 9.55 Å². The molecule has 17 heavy (non-hydrogen) atoms. The zero-order chi connectivity index (χ0) is 12.4. The third-order valence-corrected chi connectivity index (χ3v) is 2.26. The number of halogens is 2. The van der Waals surface area contributed by atoms with E-state index >= 15 is 0 Å². The lowest BCUT2D eigenvalue weighted by Gasteiger charge is -2.04. The Kier molecular flexibility index (Phi) is 2.86. The lowest BCUT2D eigenvalue weighted by Crippen LogP contribution is -2.35. The summed E-state index contributed by atoms with van der Waals surface area (Å²) < 4.78 is 26.7. The fourth-order valence-corrected chi connectivity index (χ4v) is 1.42. The van der Waals surface area contributed by atoms with Crippen LogP contribution in [0.4, 0.5) is 8.78 Å². The van der Waals surface area contributed by atoms with Crippen LogP contribution in [0, 0.1) is 11.6 Å². The summed E-state index contributed by atoms with van der Waals surface area (Å²) in [5.41, 5.74) is -1.09. The smallest absolute Gasteiger partial charge is 0.316 e. The monoisotopic (exact) mass is 238 g/mol. The van der Waals surface area contributed by atoms with Gasteiger partial charge in [0.25, 0.3) is 0 Å². The summed E-state index contributed by atoms with van der Waals surface area (Å²) in [5, 5.41) is 0. The molecule has 4 nitrogen and oxygen atoms in total. The van der Waals surface area contributed by atoms with Gasteiger partial charge in [0.2, 0.25) is 0 Å². The minimum Gasteiger partial charge on any atom is -0.323 e. The normalized spacial score (nSPS) is 10.5. The average Bonchev–Trinajstić information content (AvgIpc) is 2.30. The zero-order valence-corrected chi connectivity index (χ0v) is 8.61. The van der Waals surface area contributed by atoms with E-state index in [2.05, 4.69) is 4.98 Å². The molecule has 0 unspecified atom stereocenters. The van der Waals surface area contributed by atoms with Crippen LogP contribution in [0.15, 0.2) is 40.2 Å². The van der Waals surface area contributed by atoms with Gasteiger partial charge in [-0.25, -0.2) is 8.78 Å². The largest absolute Gasteiger partial charge is 0.323 e. The molecule has 0 saturated carbocycles. The molecule has 1 heterocycles. The van der Waals surface area contributed by atoms with Gasteiger partial charge >= 0.3 is 11.1 Å². The Morgan fingerprint density at radius 1 is 1.18 bits per heavy atom. The van der Waals surface area contributed by atoms with Crippen molar-refractivity contribution >= 4 is 0 Å². The van der Waals surface area contributed by atoms with E-state index in [0.717, 1.165) is 16.7 Å². The summed E-state index contributed by atoms with van der Waals surface area (Å²) >= 11 is 0. The maximum absolute atomic E-state index is 12.9. The first kappa shape index (κ1) is 11.3. The Morgan fingerprint density at radius 2 is 1.94 bits per heavy atom. The van der Waals surface area contributed by atoms with Gasteiger partial charge in [-0.1, -0.05) is 6.07 Å². The fraction of sp³-hybridized carbons (Fsp3) is 0.0909. The molecule has 0 aliphatic carbocycles. The molecule has 1 aromatic carbocycles. The van der Waals surface area contributed by atoms with Gasteiger partial charge in [0.1, 0.15) is 0 Å². The summed E-state index contributed by atoms with van der Waals surface area (Å²) in [5.74, 6) is -1.94. The summed E-state index contributed by atoms with van der Waals surface area (Å²) in [6, 6.07) is 3.32. The van der Waals surface area contributed by atoms with Crippen LogP contribution >= 0.6 is 0 Å². The molecule has 1 N–H and O–H groups in total. The van der Waals surface area contributed by atoms with Gasteiger partial charge in [0.05, 0.1) is 6.54 Å². The molecular weight excluding hydrogens is 230 g/mol. The molecule has 2 rings (SSSR count). The van der Waals surface area contributed by atoms with Crippen molar-refractivity contribution in [2.24, 2.45) is 0 Å². The molecule has 0 bridgehead atoms. The Hall–Kier alpha value is -2.24. The Labute approximate surface area is 94.2 Å². The van der Waals surface area contributed by atoms with E-state index in [1.54, 1.807) is 0 Å². The maximum Gasteiger partial charge on any atom is 0.316 e. The van der Waals surface area contributed by atoms with Crippen LogP contribution in [0.3, 0.4) is 0 Å². The highest BCUT2D eigenvalue weighted by Gasteiger charge is 2.05. The quantitative estimate of drug-likeness (QED) is 0.789. The highest BCUT2D eigenvalue weighted by molar-refractivity contribution is 5.18. The van der Waals surface area contributed by atoms with Crippen LogP contribution in [-0.2, 0) is 6.54 Å². The number of aromatic amines is 1. The van der Waals surface area contributed by atoms with Crippen molar-refractivity contribution in [1.82, 2.24) is 9.55 Å². The van der Waals surface area contributed by atoms with Crippen LogP contribution in [-0.4, -0.2) is 9.55 Å². The van der Waals surface area contributed by atoms with E-state index in [-0.39, 0.29) is 6.54 Å². The minimum atomic E-state index is -0.986. The van der Waals surface area contributed by atoms with Gasteiger partial charge in [0.15, 0.2) is 11.6 Å². The van der Waals surface area contributed by atoms with Crippen LogP contribution < -0.4 is 11.1 Å². The molecule has 0 amide bonds. The molecule has 1 aromatic heterocycles. The fourth-order valence-electron chi connectivity index (χ4n) is 1.42. The van der Waals surface area contributed by atoms with Crippen molar-refractivity contribution < 1.29 is 8.78 Å². The first-order valence-electron chi connectivity index (χ1n) is 4.80.